The highest BCUT2D eigenvalue weighted by molar-refractivity contribution is 7.98. The number of thioether (sulfide) groups is 1. The van der Waals surface area contributed by atoms with Crippen molar-refractivity contribution in [2.75, 3.05) is 12.9 Å². The first kappa shape index (κ1) is 16.9. The molecule has 0 aliphatic heterocycles. The van der Waals surface area contributed by atoms with Crippen molar-refractivity contribution in [1.82, 2.24) is 5.32 Å². The molecule has 1 atom stereocenters. The molecule has 1 unspecified atom stereocenters. The molecule has 0 bridgehead atoms. The third kappa shape index (κ3) is 5.06. The molecule has 1 amide bonds. The highest BCUT2D eigenvalue weighted by Crippen LogP contribution is 2.23. The fraction of sp³-hybridized carbons (Fsp3) is 0.429. The predicted molar refractivity (Wildman–Crippen MR) is 81.4 cm³/mol. The van der Waals surface area contributed by atoms with E-state index in [9.17, 15) is 9.59 Å². The molecule has 0 saturated heterocycles. The highest BCUT2D eigenvalue weighted by Gasteiger charge is 2.15. The monoisotopic (exact) mass is 315 g/mol. The normalized spacial score (nSPS) is 11.8. The molecule has 0 radical (unpaired) electrons. The van der Waals surface area contributed by atoms with Gasteiger partial charge in [-0.2, -0.15) is 0 Å². The zero-order chi connectivity index (χ0) is 15.1. The van der Waals surface area contributed by atoms with Crippen LogP contribution in [0.4, 0.5) is 0 Å². The Hall–Kier alpha value is -1.20. The van der Waals surface area contributed by atoms with Gasteiger partial charge in [-0.1, -0.05) is 18.5 Å². The van der Waals surface area contributed by atoms with Crippen LogP contribution in [0.1, 0.15) is 30.6 Å². The van der Waals surface area contributed by atoms with Crippen LogP contribution in [-0.4, -0.2) is 30.8 Å². The van der Waals surface area contributed by atoms with E-state index in [2.05, 4.69) is 5.32 Å². The number of hydrogen-bond donors (Lipinski definition) is 1. The SMILES string of the molecule is CCC(C)NC(=O)COC(=O)c1cc(SC)ccc1Cl. The van der Waals surface area contributed by atoms with E-state index in [1.807, 2.05) is 26.2 Å². The molecule has 4 nitrogen and oxygen atoms in total. The Balaban J connectivity index is 2.61. The molecule has 0 aliphatic rings. The summed E-state index contributed by atoms with van der Waals surface area (Å²) >= 11 is 7.46. The maximum absolute atomic E-state index is 11.9. The number of hydrogen-bond acceptors (Lipinski definition) is 4. The summed E-state index contributed by atoms with van der Waals surface area (Å²) in [5.74, 6) is -0.907. The molecule has 0 spiro atoms. The molecule has 1 aromatic carbocycles. The first-order valence-corrected chi connectivity index (χ1v) is 7.88. The van der Waals surface area contributed by atoms with Gasteiger partial charge in [-0.15, -0.1) is 11.8 Å². The maximum atomic E-state index is 11.9. The lowest BCUT2D eigenvalue weighted by Crippen LogP contribution is -2.35. The lowest BCUT2D eigenvalue weighted by Gasteiger charge is -2.12. The van der Waals surface area contributed by atoms with Crippen LogP contribution in [0.5, 0.6) is 0 Å². The summed E-state index contributed by atoms with van der Waals surface area (Å²) < 4.78 is 4.97. The molecule has 0 aromatic heterocycles. The number of amides is 1. The molecular formula is C14H18ClNO3S. The number of rotatable bonds is 6. The lowest BCUT2D eigenvalue weighted by molar-refractivity contribution is -0.124. The zero-order valence-corrected chi connectivity index (χ0v) is 13.3. The van der Waals surface area contributed by atoms with E-state index in [1.165, 1.54) is 11.8 Å². The van der Waals surface area contributed by atoms with Crippen LogP contribution in [0, 0.1) is 0 Å². The van der Waals surface area contributed by atoms with Gasteiger partial charge in [-0.25, -0.2) is 4.79 Å². The number of halogens is 1. The Labute approximate surface area is 128 Å². The average molecular weight is 316 g/mol. The van der Waals surface area contributed by atoms with Crippen LogP contribution >= 0.6 is 23.4 Å². The van der Waals surface area contributed by atoms with Crippen LogP contribution in [0.15, 0.2) is 23.1 Å². The molecule has 1 N–H and O–H groups in total. The molecule has 0 saturated carbocycles. The van der Waals surface area contributed by atoms with Gasteiger partial charge < -0.3 is 10.1 Å². The first-order chi connectivity index (χ1) is 9.47. The van der Waals surface area contributed by atoms with Crippen molar-refractivity contribution in [1.29, 1.82) is 0 Å². The second-order valence-electron chi connectivity index (χ2n) is 4.30. The number of nitrogens with one attached hydrogen (secondary N) is 1. The highest BCUT2D eigenvalue weighted by atomic mass is 35.5. The van der Waals surface area contributed by atoms with E-state index in [1.54, 1.807) is 12.1 Å². The largest absolute Gasteiger partial charge is 0.452 e. The van der Waals surface area contributed by atoms with E-state index in [4.69, 9.17) is 16.3 Å². The van der Waals surface area contributed by atoms with Gasteiger partial charge in [0.25, 0.3) is 5.91 Å². The Kier molecular flexibility index (Phi) is 6.88. The summed E-state index contributed by atoms with van der Waals surface area (Å²) in [5, 5.41) is 3.04. The van der Waals surface area contributed by atoms with Crippen molar-refractivity contribution < 1.29 is 14.3 Å². The van der Waals surface area contributed by atoms with E-state index in [-0.39, 0.29) is 24.1 Å². The summed E-state index contributed by atoms with van der Waals surface area (Å²) in [4.78, 5) is 24.3. The Bertz CT molecular complexity index is 493. The van der Waals surface area contributed by atoms with Gasteiger partial charge in [0.05, 0.1) is 10.6 Å². The molecule has 1 rings (SSSR count). The standard InChI is InChI=1S/C14H18ClNO3S/c1-4-9(2)16-13(17)8-19-14(18)11-7-10(20-3)5-6-12(11)15/h5-7,9H,4,8H2,1-3H3,(H,16,17). The number of carbonyl (C=O) groups excluding carboxylic acids is 2. The second-order valence-corrected chi connectivity index (χ2v) is 5.59. The van der Waals surface area contributed by atoms with Gasteiger partial charge in [0.15, 0.2) is 6.61 Å². The number of benzene rings is 1. The molecule has 20 heavy (non-hydrogen) atoms. The van der Waals surface area contributed by atoms with Gasteiger partial charge in [0.2, 0.25) is 0 Å². The van der Waals surface area contributed by atoms with Crippen molar-refractivity contribution in [3.05, 3.63) is 28.8 Å². The van der Waals surface area contributed by atoms with Gasteiger partial charge in [0.1, 0.15) is 0 Å². The topological polar surface area (TPSA) is 55.4 Å². The van der Waals surface area contributed by atoms with Crippen LogP contribution in [0.2, 0.25) is 5.02 Å². The summed E-state index contributed by atoms with van der Waals surface area (Å²) in [6, 6.07) is 5.18. The average Bonchev–Trinajstić information content (AvgIpc) is 2.45. The molecule has 6 heteroatoms. The molecule has 0 heterocycles. The van der Waals surface area contributed by atoms with E-state index < -0.39 is 5.97 Å². The minimum Gasteiger partial charge on any atom is -0.452 e. The zero-order valence-electron chi connectivity index (χ0n) is 11.7. The van der Waals surface area contributed by atoms with Gasteiger partial charge in [-0.05, 0) is 37.8 Å². The van der Waals surface area contributed by atoms with Gasteiger partial charge >= 0.3 is 5.97 Å². The van der Waals surface area contributed by atoms with E-state index in [0.717, 1.165) is 11.3 Å². The lowest BCUT2D eigenvalue weighted by atomic mass is 10.2. The fourth-order valence-electron chi connectivity index (χ4n) is 1.42. The summed E-state index contributed by atoms with van der Waals surface area (Å²) in [6.45, 7) is 3.55. The van der Waals surface area contributed by atoms with E-state index in [0.29, 0.717) is 5.02 Å². The molecule has 0 aliphatic carbocycles. The van der Waals surface area contributed by atoms with Crippen molar-refractivity contribution in [2.45, 2.75) is 31.2 Å². The van der Waals surface area contributed by atoms with Crippen molar-refractivity contribution >= 4 is 35.2 Å². The third-order valence-electron chi connectivity index (χ3n) is 2.75. The molecule has 1 aromatic rings. The van der Waals surface area contributed by atoms with Crippen molar-refractivity contribution in [2.24, 2.45) is 0 Å². The third-order valence-corrected chi connectivity index (χ3v) is 3.80. The fourth-order valence-corrected chi connectivity index (χ4v) is 2.05. The molecular weight excluding hydrogens is 298 g/mol. The molecule has 110 valence electrons. The van der Waals surface area contributed by atoms with Crippen LogP contribution in [0.25, 0.3) is 0 Å². The van der Waals surface area contributed by atoms with Crippen LogP contribution < -0.4 is 5.32 Å². The quantitative estimate of drug-likeness (QED) is 0.647. The predicted octanol–water partition coefficient (Wildman–Crippen LogP) is 3.13. The van der Waals surface area contributed by atoms with Crippen LogP contribution in [0.3, 0.4) is 0 Å². The summed E-state index contributed by atoms with van der Waals surface area (Å²) in [5.41, 5.74) is 0.273. The van der Waals surface area contributed by atoms with Crippen molar-refractivity contribution in [3.8, 4) is 0 Å². The second kappa shape index (κ2) is 8.17. The van der Waals surface area contributed by atoms with Gasteiger partial charge in [0, 0.05) is 10.9 Å². The summed E-state index contributed by atoms with van der Waals surface area (Å²) in [7, 11) is 0. The number of carbonyl (C=O) groups is 2. The Morgan fingerprint density at radius 3 is 2.75 bits per heavy atom. The van der Waals surface area contributed by atoms with Crippen molar-refractivity contribution in [3.63, 3.8) is 0 Å². The maximum Gasteiger partial charge on any atom is 0.340 e. The Morgan fingerprint density at radius 2 is 2.15 bits per heavy atom. The first-order valence-electron chi connectivity index (χ1n) is 6.28. The van der Waals surface area contributed by atoms with E-state index >= 15 is 0 Å². The summed E-state index contributed by atoms with van der Waals surface area (Å²) in [6.07, 6.45) is 2.72. The number of ether oxygens (including phenoxy) is 1. The Morgan fingerprint density at radius 1 is 1.45 bits per heavy atom. The van der Waals surface area contributed by atoms with Gasteiger partial charge in [-0.3, -0.25) is 4.79 Å². The smallest absolute Gasteiger partial charge is 0.340 e. The minimum atomic E-state index is -0.592. The number of esters is 1. The van der Waals surface area contributed by atoms with Crippen LogP contribution in [-0.2, 0) is 9.53 Å². The molecule has 0 fully saturated rings. The minimum absolute atomic E-state index is 0.0598.